The largest absolute Gasteiger partial charge is 0.338 e. The number of carbonyl (C=O) groups excluding carboxylic acids is 1. The summed E-state index contributed by atoms with van der Waals surface area (Å²) in [5.74, 6) is 0. The highest BCUT2D eigenvalue weighted by atomic mass is 16.2. The number of urea groups is 1. The van der Waals surface area contributed by atoms with Gasteiger partial charge < -0.3 is 10.6 Å². The van der Waals surface area contributed by atoms with Gasteiger partial charge in [-0.3, -0.25) is 0 Å². The zero-order valence-electron chi connectivity index (χ0n) is 14.5. The molecule has 5 nitrogen and oxygen atoms in total. The Morgan fingerprint density at radius 1 is 1.33 bits per heavy atom. The van der Waals surface area contributed by atoms with Crippen LogP contribution in [0.25, 0.3) is 5.69 Å². The van der Waals surface area contributed by atoms with Gasteiger partial charge in [0.25, 0.3) is 0 Å². The summed E-state index contributed by atoms with van der Waals surface area (Å²) in [4.78, 5) is 12.1. The first-order chi connectivity index (χ1) is 11.5. The molecule has 1 aromatic heterocycles. The molecule has 1 unspecified atom stereocenters. The smallest absolute Gasteiger partial charge is 0.315 e. The zero-order chi connectivity index (χ0) is 17.0. The Bertz CT molecular complexity index is 678. The number of nitrogens with one attached hydrogen (secondary N) is 2. The van der Waals surface area contributed by atoms with Crippen LogP contribution in [0.5, 0.6) is 0 Å². The van der Waals surface area contributed by atoms with E-state index in [2.05, 4.69) is 29.6 Å². The number of benzene rings is 1. The van der Waals surface area contributed by atoms with Gasteiger partial charge in [-0.2, -0.15) is 5.10 Å². The molecular formula is C19H26N4O. The number of hydrogen-bond donors (Lipinski definition) is 2. The Hall–Kier alpha value is -2.30. The molecule has 1 aliphatic carbocycles. The Kier molecular flexibility index (Phi) is 4.88. The molecule has 1 atom stereocenters. The third-order valence-corrected chi connectivity index (χ3v) is 4.92. The molecule has 3 rings (SSSR count). The van der Waals surface area contributed by atoms with Crippen molar-refractivity contribution in [2.24, 2.45) is 5.41 Å². The van der Waals surface area contributed by atoms with Crippen molar-refractivity contribution in [3.63, 3.8) is 0 Å². The van der Waals surface area contributed by atoms with Crippen LogP contribution in [0.1, 0.15) is 38.7 Å². The maximum Gasteiger partial charge on any atom is 0.315 e. The molecule has 1 aliphatic rings. The first kappa shape index (κ1) is 16.6. The lowest BCUT2D eigenvalue weighted by molar-refractivity contribution is 0.222. The maximum atomic E-state index is 12.1. The topological polar surface area (TPSA) is 59.0 Å². The van der Waals surface area contributed by atoms with E-state index < -0.39 is 0 Å². The number of aromatic nitrogens is 2. The average Bonchev–Trinajstić information content (AvgIpc) is 3.15. The quantitative estimate of drug-likeness (QED) is 0.886. The minimum Gasteiger partial charge on any atom is -0.338 e. The van der Waals surface area contributed by atoms with Crippen molar-refractivity contribution >= 4 is 6.03 Å². The molecular weight excluding hydrogens is 300 g/mol. The van der Waals surface area contributed by atoms with Gasteiger partial charge in [-0.1, -0.05) is 38.5 Å². The van der Waals surface area contributed by atoms with Crippen LogP contribution in [-0.2, 0) is 6.42 Å². The van der Waals surface area contributed by atoms with E-state index in [1.54, 1.807) is 0 Å². The van der Waals surface area contributed by atoms with Crippen LogP contribution in [0.3, 0.4) is 0 Å². The molecule has 2 aromatic rings. The first-order valence-electron chi connectivity index (χ1n) is 8.68. The fraction of sp³-hybridized carbons (Fsp3) is 0.474. The Labute approximate surface area is 143 Å². The van der Waals surface area contributed by atoms with E-state index in [1.807, 2.05) is 47.4 Å². The minimum atomic E-state index is -0.0644. The molecule has 0 spiro atoms. The van der Waals surface area contributed by atoms with Crippen molar-refractivity contribution in [2.45, 2.75) is 45.6 Å². The van der Waals surface area contributed by atoms with Gasteiger partial charge in [-0.05, 0) is 42.4 Å². The van der Waals surface area contributed by atoms with Gasteiger partial charge in [0.2, 0.25) is 0 Å². The predicted octanol–water partition coefficient (Wildman–Crippen LogP) is 3.29. The van der Waals surface area contributed by atoms with E-state index in [9.17, 15) is 4.79 Å². The predicted molar refractivity (Wildman–Crippen MR) is 95.2 cm³/mol. The fourth-order valence-corrected chi connectivity index (χ4v) is 3.34. The number of nitrogens with zero attached hydrogens (tertiary/aromatic N) is 2. The van der Waals surface area contributed by atoms with Crippen molar-refractivity contribution in [1.29, 1.82) is 0 Å². The van der Waals surface area contributed by atoms with Crippen molar-refractivity contribution in [3.05, 3.63) is 48.3 Å². The van der Waals surface area contributed by atoms with Crippen LogP contribution in [0.15, 0.2) is 42.7 Å². The van der Waals surface area contributed by atoms with E-state index in [0.717, 1.165) is 24.1 Å². The number of carbonyl (C=O) groups is 1. The second-order valence-corrected chi connectivity index (χ2v) is 7.21. The van der Waals surface area contributed by atoms with Gasteiger partial charge in [0.05, 0.1) is 11.9 Å². The second-order valence-electron chi connectivity index (χ2n) is 7.21. The molecule has 0 saturated heterocycles. The zero-order valence-corrected chi connectivity index (χ0v) is 14.5. The summed E-state index contributed by atoms with van der Waals surface area (Å²) in [6.07, 6.45) is 8.08. The normalized spacial score (nSPS) is 19.2. The monoisotopic (exact) mass is 326 g/mol. The first-order valence-corrected chi connectivity index (χ1v) is 8.68. The maximum absolute atomic E-state index is 12.1. The molecule has 1 heterocycles. The number of rotatable bonds is 5. The third-order valence-electron chi connectivity index (χ3n) is 4.92. The number of hydrogen-bond acceptors (Lipinski definition) is 2. The van der Waals surface area contributed by atoms with Crippen LogP contribution < -0.4 is 10.6 Å². The van der Waals surface area contributed by atoms with E-state index >= 15 is 0 Å². The highest BCUT2D eigenvalue weighted by molar-refractivity contribution is 5.74. The summed E-state index contributed by atoms with van der Waals surface area (Å²) in [6, 6.07) is 10.2. The van der Waals surface area contributed by atoms with E-state index in [-0.39, 0.29) is 17.5 Å². The van der Waals surface area contributed by atoms with Gasteiger partial charge >= 0.3 is 6.03 Å². The Balaban J connectivity index is 1.45. The molecule has 24 heavy (non-hydrogen) atoms. The van der Waals surface area contributed by atoms with Gasteiger partial charge in [-0.15, -0.1) is 0 Å². The van der Waals surface area contributed by atoms with Crippen LogP contribution in [0.4, 0.5) is 4.79 Å². The Morgan fingerprint density at radius 3 is 2.83 bits per heavy atom. The SMILES string of the molecule is CC1(C)CCCC1NC(=O)NCCc1cnn(-c2ccccc2)c1. The van der Waals surface area contributed by atoms with Crippen molar-refractivity contribution < 1.29 is 4.79 Å². The summed E-state index contributed by atoms with van der Waals surface area (Å²) < 4.78 is 1.86. The van der Waals surface area contributed by atoms with E-state index in [0.29, 0.717) is 6.54 Å². The van der Waals surface area contributed by atoms with Gasteiger partial charge in [0.1, 0.15) is 0 Å². The minimum absolute atomic E-state index is 0.0644. The molecule has 5 heteroatoms. The summed E-state index contributed by atoms with van der Waals surface area (Å²) in [6.45, 7) is 5.06. The number of amides is 2. The Morgan fingerprint density at radius 2 is 2.12 bits per heavy atom. The lowest BCUT2D eigenvalue weighted by Gasteiger charge is -2.27. The fourth-order valence-electron chi connectivity index (χ4n) is 3.34. The van der Waals surface area contributed by atoms with Crippen molar-refractivity contribution in [2.75, 3.05) is 6.54 Å². The van der Waals surface area contributed by atoms with E-state index in [1.165, 1.54) is 12.8 Å². The van der Waals surface area contributed by atoms with Crippen LogP contribution >= 0.6 is 0 Å². The molecule has 128 valence electrons. The van der Waals surface area contributed by atoms with Crippen molar-refractivity contribution in [1.82, 2.24) is 20.4 Å². The lowest BCUT2D eigenvalue weighted by atomic mass is 9.87. The lowest BCUT2D eigenvalue weighted by Crippen LogP contribution is -2.46. The standard InChI is InChI=1S/C19H26N4O/c1-19(2)11-6-9-17(19)22-18(24)20-12-10-15-13-21-23(14-15)16-7-4-3-5-8-16/h3-5,7-8,13-14,17H,6,9-12H2,1-2H3,(H2,20,22,24). The highest BCUT2D eigenvalue weighted by Crippen LogP contribution is 2.36. The van der Waals surface area contributed by atoms with Crippen LogP contribution in [0.2, 0.25) is 0 Å². The number of para-hydroxylation sites is 1. The second kappa shape index (κ2) is 7.07. The highest BCUT2D eigenvalue weighted by Gasteiger charge is 2.35. The van der Waals surface area contributed by atoms with E-state index in [4.69, 9.17) is 0 Å². The molecule has 2 N–H and O–H groups in total. The molecule has 0 aliphatic heterocycles. The van der Waals surface area contributed by atoms with Crippen LogP contribution in [0, 0.1) is 5.41 Å². The molecule has 0 bridgehead atoms. The molecule has 0 radical (unpaired) electrons. The molecule has 1 aromatic carbocycles. The summed E-state index contributed by atoms with van der Waals surface area (Å²) in [7, 11) is 0. The van der Waals surface area contributed by atoms with Gasteiger partial charge in [0, 0.05) is 18.8 Å². The molecule has 2 amide bonds. The van der Waals surface area contributed by atoms with Gasteiger partial charge in [-0.25, -0.2) is 9.48 Å². The molecule has 1 saturated carbocycles. The third kappa shape index (κ3) is 3.96. The summed E-state index contributed by atoms with van der Waals surface area (Å²) in [5, 5.41) is 10.4. The summed E-state index contributed by atoms with van der Waals surface area (Å²) in [5.41, 5.74) is 2.35. The molecule has 1 fully saturated rings. The summed E-state index contributed by atoms with van der Waals surface area (Å²) >= 11 is 0. The van der Waals surface area contributed by atoms with Gasteiger partial charge in [0.15, 0.2) is 0 Å². The average molecular weight is 326 g/mol. The van der Waals surface area contributed by atoms with Crippen molar-refractivity contribution in [3.8, 4) is 5.69 Å². The van der Waals surface area contributed by atoms with Crippen LogP contribution in [-0.4, -0.2) is 28.4 Å².